The van der Waals surface area contributed by atoms with Gasteiger partial charge in [-0.15, -0.1) is 5.10 Å². The maximum Gasteiger partial charge on any atom is 0.150 e. The van der Waals surface area contributed by atoms with E-state index in [0.717, 1.165) is 43.4 Å². The van der Waals surface area contributed by atoms with Crippen molar-refractivity contribution >= 4 is 5.82 Å². The highest BCUT2D eigenvalue weighted by Crippen LogP contribution is 2.31. The van der Waals surface area contributed by atoms with Crippen LogP contribution in [0.1, 0.15) is 44.2 Å². The molecule has 1 saturated heterocycles. The van der Waals surface area contributed by atoms with E-state index in [2.05, 4.69) is 45.1 Å². The van der Waals surface area contributed by atoms with Crippen LogP contribution < -0.4 is 4.90 Å². The van der Waals surface area contributed by atoms with Crippen molar-refractivity contribution in [2.75, 3.05) is 25.5 Å². The quantitative estimate of drug-likeness (QED) is 0.809. The van der Waals surface area contributed by atoms with E-state index in [1.165, 1.54) is 6.42 Å². The molecule has 0 aliphatic carbocycles. The number of rotatable bonds is 6. The van der Waals surface area contributed by atoms with Crippen LogP contribution in [0.3, 0.4) is 0 Å². The molecule has 0 aromatic carbocycles. The monoisotopic (exact) mass is 329 g/mol. The normalized spacial score (nSPS) is 18.5. The molecule has 0 spiro atoms. The summed E-state index contributed by atoms with van der Waals surface area (Å²) in [7, 11) is 3.96. The van der Waals surface area contributed by atoms with Gasteiger partial charge in [0.05, 0.1) is 18.3 Å². The molecule has 1 aliphatic heterocycles. The topological polar surface area (TPSA) is 63.0 Å². The average Bonchev–Trinajstić information content (AvgIpc) is 3.17. The molecule has 3 heterocycles. The van der Waals surface area contributed by atoms with E-state index in [1.807, 2.05) is 29.7 Å². The number of likely N-dealkylation sites (tertiary alicyclic amines) is 1. The number of hydrogen-bond acceptors (Lipinski definition) is 6. The molecule has 7 heteroatoms. The van der Waals surface area contributed by atoms with Gasteiger partial charge >= 0.3 is 0 Å². The lowest BCUT2D eigenvalue weighted by Gasteiger charge is -2.24. The Balaban J connectivity index is 1.73. The van der Waals surface area contributed by atoms with Crippen molar-refractivity contribution in [3.05, 3.63) is 30.0 Å². The summed E-state index contributed by atoms with van der Waals surface area (Å²) in [6.45, 7) is 7.19. The Morgan fingerprint density at radius 2 is 2.08 bits per heavy atom. The van der Waals surface area contributed by atoms with E-state index in [-0.39, 0.29) is 0 Å². The molecule has 2 aromatic heterocycles. The van der Waals surface area contributed by atoms with Gasteiger partial charge < -0.3 is 4.90 Å². The van der Waals surface area contributed by atoms with Gasteiger partial charge in [-0.05, 0) is 37.4 Å². The largest absolute Gasteiger partial charge is 0.361 e. The second-order valence-corrected chi connectivity index (χ2v) is 7.09. The fraction of sp³-hybridized carbons (Fsp3) is 0.647. The zero-order valence-corrected chi connectivity index (χ0v) is 15.1. The summed E-state index contributed by atoms with van der Waals surface area (Å²) < 4.78 is 2.03. The van der Waals surface area contributed by atoms with E-state index in [0.29, 0.717) is 12.0 Å². The van der Waals surface area contributed by atoms with Crippen LogP contribution in [0.5, 0.6) is 0 Å². The first-order valence-corrected chi connectivity index (χ1v) is 8.66. The first kappa shape index (κ1) is 16.8. The Morgan fingerprint density at radius 3 is 2.75 bits per heavy atom. The third kappa shape index (κ3) is 3.72. The van der Waals surface area contributed by atoms with Crippen LogP contribution >= 0.6 is 0 Å². The molecular formula is C17H27N7. The van der Waals surface area contributed by atoms with Crippen molar-refractivity contribution in [2.45, 2.75) is 45.8 Å². The molecule has 1 atom stereocenters. The second-order valence-electron chi connectivity index (χ2n) is 7.09. The number of aromatic nitrogens is 5. The average molecular weight is 329 g/mol. The molecule has 7 nitrogen and oxygen atoms in total. The van der Waals surface area contributed by atoms with Crippen LogP contribution in [0.25, 0.3) is 0 Å². The highest BCUT2D eigenvalue weighted by Gasteiger charge is 2.28. The summed E-state index contributed by atoms with van der Waals surface area (Å²) in [5.74, 6) is 2.48. The molecule has 0 bridgehead atoms. The maximum absolute atomic E-state index is 4.47. The van der Waals surface area contributed by atoms with Gasteiger partial charge in [0.25, 0.3) is 0 Å². The van der Waals surface area contributed by atoms with Gasteiger partial charge in [0.15, 0.2) is 5.82 Å². The number of nitrogens with zero attached hydrogens (tertiary/aromatic N) is 7. The van der Waals surface area contributed by atoms with Crippen LogP contribution in [-0.2, 0) is 13.1 Å². The molecule has 0 N–H and O–H groups in total. The molecule has 24 heavy (non-hydrogen) atoms. The predicted octanol–water partition coefficient (Wildman–Crippen LogP) is 2.13. The van der Waals surface area contributed by atoms with Crippen molar-refractivity contribution in [1.29, 1.82) is 0 Å². The molecule has 1 aliphatic rings. The van der Waals surface area contributed by atoms with Crippen LogP contribution in [0.4, 0.5) is 5.82 Å². The molecule has 0 radical (unpaired) electrons. The molecule has 1 unspecified atom stereocenters. The Labute approximate surface area is 143 Å². The summed E-state index contributed by atoms with van der Waals surface area (Å²) in [6, 6.07) is 4.46. The molecule has 0 saturated carbocycles. The van der Waals surface area contributed by atoms with Crippen LogP contribution in [0, 0.1) is 5.92 Å². The third-order valence-electron chi connectivity index (χ3n) is 4.41. The Morgan fingerprint density at radius 1 is 1.25 bits per heavy atom. The summed E-state index contributed by atoms with van der Waals surface area (Å²) in [4.78, 5) is 8.88. The lowest BCUT2D eigenvalue weighted by molar-refractivity contribution is 0.231. The van der Waals surface area contributed by atoms with E-state index >= 15 is 0 Å². The fourth-order valence-corrected chi connectivity index (χ4v) is 3.19. The minimum absolute atomic E-state index is 0.318. The molecule has 130 valence electrons. The summed E-state index contributed by atoms with van der Waals surface area (Å²) in [5, 5.41) is 13.2. The van der Waals surface area contributed by atoms with Crippen molar-refractivity contribution in [3.63, 3.8) is 0 Å². The minimum atomic E-state index is 0.318. The van der Waals surface area contributed by atoms with E-state index in [1.54, 1.807) is 6.33 Å². The van der Waals surface area contributed by atoms with E-state index in [9.17, 15) is 0 Å². The summed E-state index contributed by atoms with van der Waals surface area (Å²) >= 11 is 0. The first-order valence-electron chi connectivity index (χ1n) is 8.66. The highest BCUT2D eigenvalue weighted by atomic mass is 15.4. The fourth-order valence-electron chi connectivity index (χ4n) is 3.19. The van der Waals surface area contributed by atoms with Gasteiger partial charge in [-0.3, -0.25) is 4.90 Å². The zero-order chi connectivity index (χ0) is 17.1. The molecule has 1 fully saturated rings. The number of hydrogen-bond donors (Lipinski definition) is 0. The zero-order valence-electron chi connectivity index (χ0n) is 15.1. The van der Waals surface area contributed by atoms with Crippen LogP contribution in [-0.4, -0.2) is 50.5 Å². The lowest BCUT2D eigenvalue weighted by atomic mass is 10.1. The van der Waals surface area contributed by atoms with Gasteiger partial charge in [-0.25, -0.2) is 9.67 Å². The van der Waals surface area contributed by atoms with Crippen molar-refractivity contribution in [3.8, 4) is 0 Å². The summed E-state index contributed by atoms with van der Waals surface area (Å²) in [6.07, 6.45) is 3.96. The predicted molar refractivity (Wildman–Crippen MR) is 93.6 cm³/mol. The number of anilines is 1. The lowest BCUT2D eigenvalue weighted by Crippen LogP contribution is -2.26. The standard InChI is InChI=1S/C17H27N7/c1-13(2)10-24-17(18-12-19-24)11-23-9-5-6-15(23)14-7-8-16(21-20-14)22(3)4/h7-8,12-13,15H,5-6,9-11H2,1-4H3. The van der Waals surface area contributed by atoms with Gasteiger partial charge in [0.2, 0.25) is 0 Å². The highest BCUT2D eigenvalue weighted by molar-refractivity contribution is 5.35. The smallest absolute Gasteiger partial charge is 0.150 e. The van der Waals surface area contributed by atoms with E-state index < -0.39 is 0 Å². The third-order valence-corrected chi connectivity index (χ3v) is 4.41. The Bertz CT molecular complexity index is 647. The Hall–Kier alpha value is -2.02. The maximum atomic E-state index is 4.47. The first-order chi connectivity index (χ1) is 11.5. The van der Waals surface area contributed by atoms with Crippen molar-refractivity contribution in [2.24, 2.45) is 5.92 Å². The minimum Gasteiger partial charge on any atom is -0.361 e. The molecule has 2 aromatic rings. The molecular weight excluding hydrogens is 302 g/mol. The molecule has 0 amide bonds. The van der Waals surface area contributed by atoms with Gasteiger partial charge in [0.1, 0.15) is 12.2 Å². The van der Waals surface area contributed by atoms with Crippen LogP contribution in [0.15, 0.2) is 18.5 Å². The molecule has 3 rings (SSSR count). The van der Waals surface area contributed by atoms with Crippen LogP contribution in [0.2, 0.25) is 0 Å². The Kier molecular flexibility index (Phi) is 5.08. The van der Waals surface area contributed by atoms with Gasteiger partial charge in [-0.1, -0.05) is 13.8 Å². The van der Waals surface area contributed by atoms with Gasteiger partial charge in [0, 0.05) is 20.6 Å². The van der Waals surface area contributed by atoms with E-state index in [4.69, 9.17) is 0 Å². The second kappa shape index (κ2) is 7.25. The van der Waals surface area contributed by atoms with Crippen molar-refractivity contribution < 1.29 is 0 Å². The SMILES string of the molecule is CC(C)Cn1ncnc1CN1CCCC1c1ccc(N(C)C)nn1. The van der Waals surface area contributed by atoms with Crippen molar-refractivity contribution in [1.82, 2.24) is 29.9 Å². The van der Waals surface area contributed by atoms with Gasteiger partial charge in [-0.2, -0.15) is 10.2 Å². The summed E-state index contributed by atoms with van der Waals surface area (Å²) in [5.41, 5.74) is 1.05.